The number of hydrogen-bond acceptors (Lipinski definition) is 3. The number of carboxylic acids is 1. The summed E-state index contributed by atoms with van der Waals surface area (Å²) >= 11 is 0. The van der Waals surface area contributed by atoms with Gasteiger partial charge in [0.2, 0.25) is 0 Å². The molecule has 0 aliphatic heterocycles. The lowest BCUT2D eigenvalue weighted by atomic mass is 9.96. The van der Waals surface area contributed by atoms with E-state index in [4.69, 9.17) is 9.84 Å². The Bertz CT molecular complexity index is 296. The van der Waals surface area contributed by atoms with E-state index < -0.39 is 5.97 Å². The lowest BCUT2D eigenvalue weighted by Gasteiger charge is -2.18. The number of hydrogen-bond donors (Lipinski definition) is 3. The van der Waals surface area contributed by atoms with Gasteiger partial charge < -0.3 is 20.5 Å². The van der Waals surface area contributed by atoms with Crippen molar-refractivity contribution in [3.8, 4) is 0 Å². The van der Waals surface area contributed by atoms with Crippen LogP contribution < -0.4 is 10.6 Å². The smallest absolute Gasteiger partial charge is 0.315 e. The average molecular weight is 258 g/mol. The molecule has 0 heterocycles. The molecule has 18 heavy (non-hydrogen) atoms. The highest BCUT2D eigenvalue weighted by atomic mass is 16.5. The summed E-state index contributed by atoms with van der Waals surface area (Å²) in [4.78, 5) is 22.5. The van der Waals surface area contributed by atoms with E-state index in [-0.39, 0.29) is 23.9 Å². The number of aliphatic carboxylic acids is 1. The van der Waals surface area contributed by atoms with E-state index in [1.165, 1.54) is 0 Å². The van der Waals surface area contributed by atoms with E-state index >= 15 is 0 Å². The zero-order valence-corrected chi connectivity index (χ0v) is 10.9. The van der Waals surface area contributed by atoms with E-state index in [1.807, 2.05) is 6.92 Å². The van der Waals surface area contributed by atoms with Crippen LogP contribution in [0.25, 0.3) is 0 Å². The van der Waals surface area contributed by atoms with Gasteiger partial charge in [0.05, 0.1) is 18.6 Å². The van der Waals surface area contributed by atoms with Crippen molar-refractivity contribution in [3.05, 3.63) is 0 Å². The van der Waals surface area contributed by atoms with Crippen LogP contribution in [-0.4, -0.2) is 43.4 Å². The largest absolute Gasteiger partial charge is 0.481 e. The second-order valence-electron chi connectivity index (χ2n) is 4.85. The Morgan fingerprint density at radius 3 is 2.78 bits per heavy atom. The third-order valence-corrected chi connectivity index (χ3v) is 3.30. The Balaban J connectivity index is 2.27. The molecule has 1 fully saturated rings. The summed E-state index contributed by atoms with van der Waals surface area (Å²) in [6, 6.07) is -0.329. The summed E-state index contributed by atoms with van der Waals surface area (Å²) in [7, 11) is 1.58. The van der Waals surface area contributed by atoms with Gasteiger partial charge in [-0.05, 0) is 25.7 Å². The van der Waals surface area contributed by atoms with Crippen molar-refractivity contribution in [1.29, 1.82) is 0 Å². The molecule has 0 saturated heterocycles. The van der Waals surface area contributed by atoms with Crippen molar-refractivity contribution in [2.45, 2.75) is 32.2 Å². The minimum atomic E-state index is -0.757. The fraction of sp³-hybridized carbons (Fsp3) is 0.833. The minimum Gasteiger partial charge on any atom is -0.481 e. The van der Waals surface area contributed by atoms with E-state index in [1.54, 1.807) is 7.11 Å². The van der Waals surface area contributed by atoms with Crippen LogP contribution in [0.1, 0.15) is 26.2 Å². The maximum Gasteiger partial charge on any atom is 0.315 e. The number of carbonyl (C=O) groups excluding carboxylic acids is 1. The summed E-state index contributed by atoms with van der Waals surface area (Å²) in [5.41, 5.74) is 0. The van der Waals surface area contributed by atoms with Crippen LogP contribution in [0.15, 0.2) is 0 Å². The predicted molar refractivity (Wildman–Crippen MR) is 66.3 cm³/mol. The molecule has 1 saturated carbocycles. The van der Waals surface area contributed by atoms with Crippen LogP contribution in [0.4, 0.5) is 4.79 Å². The second-order valence-corrected chi connectivity index (χ2v) is 4.85. The molecule has 2 amide bonds. The van der Waals surface area contributed by atoms with Crippen molar-refractivity contribution in [2.24, 2.45) is 11.8 Å². The molecule has 104 valence electrons. The van der Waals surface area contributed by atoms with Crippen molar-refractivity contribution in [2.75, 3.05) is 20.3 Å². The average Bonchev–Trinajstić information content (AvgIpc) is 2.74. The molecule has 1 aliphatic carbocycles. The van der Waals surface area contributed by atoms with Gasteiger partial charge in [-0.2, -0.15) is 0 Å². The van der Waals surface area contributed by atoms with Crippen molar-refractivity contribution < 1.29 is 19.4 Å². The quantitative estimate of drug-likeness (QED) is 0.658. The van der Waals surface area contributed by atoms with Gasteiger partial charge >= 0.3 is 12.0 Å². The normalized spacial score (nSPS) is 24.6. The highest BCUT2D eigenvalue weighted by molar-refractivity contribution is 5.74. The van der Waals surface area contributed by atoms with E-state index in [0.717, 1.165) is 12.8 Å². The van der Waals surface area contributed by atoms with Gasteiger partial charge in [-0.25, -0.2) is 4.79 Å². The van der Waals surface area contributed by atoms with Crippen LogP contribution in [-0.2, 0) is 9.53 Å². The van der Waals surface area contributed by atoms with Gasteiger partial charge in [0, 0.05) is 13.7 Å². The zero-order valence-electron chi connectivity index (χ0n) is 10.9. The summed E-state index contributed by atoms with van der Waals surface area (Å²) in [5, 5.41) is 14.5. The molecule has 3 N–H and O–H groups in total. The molecular formula is C12H22N2O4. The molecule has 0 aromatic carbocycles. The molecule has 0 radical (unpaired) electrons. The number of methoxy groups -OCH3 is 1. The van der Waals surface area contributed by atoms with E-state index in [0.29, 0.717) is 19.6 Å². The molecule has 6 heteroatoms. The topological polar surface area (TPSA) is 87.7 Å². The van der Waals surface area contributed by atoms with Crippen LogP contribution in [0.3, 0.4) is 0 Å². The third kappa shape index (κ3) is 4.52. The van der Waals surface area contributed by atoms with Gasteiger partial charge in [0.25, 0.3) is 0 Å². The molecule has 1 aliphatic rings. The zero-order chi connectivity index (χ0) is 13.5. The van der Waals surface area contributed by atoms with Gasteiger partial charge in [-0.15, -0.1) is 0 Å². The number of ether oxygens (including phenoxy) is 1. The third-order valence-electron chi connectivity index (χ3n) is 3.30. The first-order valence-electron chi connectivity index (χ1n) is 6.30. The standard InChI is InChI=1S/C12H22N2O4/c1-8(7-18-2)14-12(17)13-6-9-4-3-5-10(9)11(15)16/h8-10H,3-7H2,1-2H3,(H,15,16)(H2,13,14,17). The fourth-order valence-corrected chi connectivity index (χ4v) is 2.40. The van der Waals surface area contributed by atoms with Gasteiger partial charge in [0.15, 0.2) is 0 Å². The van der Waals surface area contributed by atoms with Crippen molar-refractivity contribution >= 4 is 12.0 Å². The Hall–Kier alpha value is -1.30. The second kappa shape index (κ2) is 7.20. The number of rotatable bonds is 6. The lowest BCUT2D eigenvalue weighted by Crippen LogP contribution is -2.44. The molecule has 1 rings (SSSR count). The van der Waals surface area contributed by atoms with Crippen LogP contribution >= 0.6 is 0 Å². The minimum absolute atomic E-state index is 0.0472. The summed E-state index contributed by atoms with van der Waals surface area (Å²) in [6.45, 7) is 2.72. The van der Waals surface area contributed by atoms with Crippen molar-refractivity contribution in [1.82, 2.24) is 10.6 Å². The molecule has 3 atom stereocenters. The van der Waals surface area contributed by atoms with Crippen LogP contribution in [0.2, 0.25) is 0 Å². The molecule has 0 aromatic heterocycles. The Kier molecular flexibility index (Phi) is 5.91. The number of amides is 2. The van der Waals surface area contributed by atoms with Crippen molar-refractivity contribution in [3.63, 3.8) is 0 Å². The molecular weight excluding hydrogens is 236 g/mol. The Morgan fingerprint density at radius 1 is 1.44 bits per heavy atom. The number of carbonyl (C=O) groups is 2. The van der Waals surface area contributed by atoms with Gasteiger partial charge in [0.1, 0.15) is 0 Å². The molecule has 6 nitrogen and oxygen atoms in total. The summed E-state index contributed by atoms with van der Waals surface area (Å²) in [5.74, 6) is -1.03. The SMILES string of the molecule is COCC(C)NC(=O)NCC1CCCC1C(=O)O. The Labute approximate surface area is 107 Å². The summed E-state index contributed by atoms with van der Waals surface area (Å²) < 4.78 is 4.91. The molecule has 3 unspecified atom stereocenters. The number of nitrogens with one attached hydrogen (secondary N) is 2. The fourth-order valence-electron chi connectivity index (χ4n) is 2.40. The van der Waals surface area contributed by atoms with E-state index in [2.05, 4.69) is 10.6 Å². The maximum atomic E-state index is 11.5. The number of urea groups is 1. The monoisotopic (exact) mass is 258 g/mol. The van der Waals surface area contributed by atoms with Crippen LogP contribution in [0.5, 0.6) is 0 Å². The highest BCUT2D eigenvalue weighted by Crippen LogP contribution is 2.31. The highest BCUT2D eigenvalue weighted by Gasteiger charge is 2.32. The molecule has 0 bridgehead atoms. The predicted octanol–water partition coefficient (Wildman–Crippen LogP) is 0.821. The maximum absolute atomic E-state index is 11.5. The number of carboxylic acid groups (broad SMARTS) is 1. The van der Waals surface area contributed by atoms with E-state index in [9.17, 15) is 9.59 Å². The van der Waals surface area contributed by atoms with Gasteiger partial charge in [-0.1, -0.05) is 6.42 Å². The van der Waals surface area contributed by atoms with Crippen LogP contribution in [0, 0.1) is 11.8 Å². The molecule has 0 spiro atoms. The van der Waals surface area contributed by atoms with Gasteiger partial charge in [-0.3, -0.25) is 4.79 Å². The summed E-state index contributed by atoms with van der Waals surface area (Å²) in [6.07, 6.45) is 2.50. The Morgan fingerprint density at radius 2 is 2.17 bits per heavy atom. The first kappa shape index (κ1) is 14.8. The first-order valence-corrected chi connectivity index (χ1v) is 6.30. The lowest BCUT2D eigenvalue weighted by molar-refractivity contribution is -0.142. The molecule has 0 aromatic rings. The first-order chi connectivity index (χ1) is 8.54.